The van der Waals surface area contributed by atoms with E-state index < -0.39 is 0 Å². The highest BCUT2D eigenvalue weighted by Gasteiger charge is 2.15. The van der Waals surface area contributed by atoms with Crippen molar-refractivity contribution < 1.29 is 4.74 Å². The summed E-state index contributed by atoms with van der Waals surface area (Å²) in [4.78, 5) is 11.2. The van der Waals surface area contributed by atoms with E-state index in [1.54, 1.807) is 6.20 Å². The Bertz CT molecular complexity index is 1030. The van der Waals surface area contributed by atoms with Gasteiger partial charge in [-0.25, -0.2) is 4.98 Å². The molecule has 0 aliphatic carbocycles. The van der Waals surface area contributed by atoms with Gasteiger partial charge in [0.2, 0.25) is 5.95 Å². The summed E-state index contributed by atoms with van der Waals surface area (Å²) in [5, 5.41) is 7.05. The molecule has 4 rings (SSSR count). The summed E-state index contributed by atoms with van der Waals surface area (Å²) >= 11 is 6.35. The lowest BCUT2D eigenvalue weighted by molar-refractivity contribution is 0.122. The lowest BCUT2D eigenvalue weighted by Gasteiger charge is -2.28. The van der Waals surface area contributed by atoms with Gasteiger partial charge in [0.1, 0.15) is 5.02 Å². The highest BCUT2D eigenvalue weighted by Crippen LogP contribution is 2.29. The van der Waals surface area contributed by atoms with Crippen LogP contribution >= 0.6 is 11.6 Å². The molecule has 0 bridgehead atoms. The predicted molar refractivity (Wildman–Crippen MR) is 128 cm³/mol. The quantitative estimate of drug-likeness (QED) is 0.529. The molecule has 6 nitrogen and oxygen atoms in total. The van der Waals surface area contributed by atoms with Crippen molar-refractivity contribution in [2.24, 2.45) is 0 Å². The van der Waals surface area contributed by atoms with E-state index >= 15 is 0 Å². The molecular formula is C24H28ClN5O. The Kier molecular flexibility index (Phi) is 6.30. The fourth-order valence-corrected chi connectivity index (χ4v) is 3.56. The van der Waals surface area contributed by atoms with Crippen LogP contribution in [0.15, 0.2) is 54.7 Å². The van der Waals surface area contributed by atoms with Crippen molar-refractivity contribution in [1.29, 1.82) is 0 Å². The van der Waals surface area contributed by atoms with Gasteiger partial charge in [-0.15, -0.1) is 0 Å². The molecule has 0 atom stereocenters. The van der Waals surface area contributed by atoms with Gasteiger partial charge in [0, 0.05) is 30.2 Å². The molecule has 7 heteroatoms. The maximum Gasteiger partial charge on any atom is 0.229 e. The van der Waals surface area contributed by atoms with Crippen LogP contribution in [0.5, 0.6) is 0 Å². The summed E-state index contributed by atoms with van der Waals surface area (Å²) < 4.78 is 5.42. The largest absolute Gasteiger partial charge is 0.378 e. The summed E-state index contributed by atoms with van der Waals surface area (Å²) in [6.45, 7) is 9.94. The van der Waals surface area contributed by atoms with Crippen LogP contribution in [0, 0.1) is 0 Å². The third kappa shape index (κ3) is 5.46. The molecule has 162 valence electrons. The van der Waals surface area contributed by atoms with Crippen LogP contribution in [0.3, 0.4) is 0 Å². The van der Waals surface area contributed by atoms with Crippen LogP contribution in [0.25, 0.3) is 0 Å². The second-order valence-electron chi connectivity index (χ2n) is 8.62. The van der Waals surface area contributed by atoms with Crippen molar-refractivity contribution >= 4 is 40.4 Å². The average molecular weight is 438 g/mol. The van der Waals surface area contributed by atoms with Crippen molar-refractivity contribution in [2.45, 2.75) is 26.2 Å². The Labute approximate surface area is 188 Å². The molecule has 2 heterocycles. The minimum Gasteiger partial charge on any atom is -0.378 e. The molecule has 1 fully saturated rings. The van der Waals surface area contributed by atoms with Crippen LogP contribution < -0.4 is 15.5 Å². The molecule has 0 unspecified atom stereocenters. The first-order valence-corrected chi connectivity index (χ1v) is 10.9. The van der Waals surface area contributed by atoms with Gasteiger partial charge < -0.3 is 20.3 Å². The zero-order valence-electron chi connectivity index (χ0n) is 18.2. The number of hydrogen-bond donors (Lipinski definition) is 2. The summed E-state index contributed by atoms with van der Waals surface area (Å²) in [7, 11) is 0. The van der Waals surface area contributed by atoms with Crippen LogP contribution in [0.2, 0.25) is 5.02 Å². The summed E-state index contributed by atoms with van der Waals surface area (Å²) in [5.74, 6) is 1.05. The van der Waals surface area contributed by atoms with Crippen LogP contribution in [-0.2, 0) is 10.2 Å². The molecule has 31 heavy (non-hydrogen) atoms. The number of nitrogens with one attached hydrogen (secondary N) is 2. The first kappa shape index (κ1) is 21.4. The third-order valence-electron chi connectivity index (χ3n) is 5.24. The van der Waals surface area contributed by atoms with Crippen LogP contribution in [0.1, 0.15) is 26.3 Å². The minimum atomic E-state index is 0.0628. The molecule has 2 N–H and O–H groups in total. The molecular weight excluding hydrogens is 410 g/mol. The summed E-state index contributed by atoms with van der Waals surface area (Å²) in [6, 6.07) is 16.5. The third-order valence-corrected chi connectivity index (χ3v) is 5.51. The van der Waals surface area contributed by atoms with Gasteiger partial charge in [-0.2, -0.15) is 4.98 Å². The van der Waals surface area contributed by atoms with Gasteiger partial charge >= 0.3 is 0 Å². The second-order valence-corrected chi connectivity index (χ2v) is 9.02. The molecule has 1 aromatic heterocycles. The number of halogens is 1. The highest BCUT2D eigenvalue weighted by molar-refractivity contribution is 6.32. The Morgan fingerprint density at radius 2 is 1.71 bits per heavy atom. The molecule has 1 aliphatic heterocycles. The fourth-order valence-electron chi connectivity index (χ4n) is 3.42. The van der Waals surface area contributed by atoms with Crippen molar-refractivity contribution in [3.63, 3.8) is 0 Å². The van der Waals surface area contributed by atoms with Gasteiger partial charge in [0.25, 0.3) is 0 Å². The van der Waals surface area contributed by atoms with E-state index in [4.69, 9.17) is 16.3 Å². The number of hydrogen-bond acceptors (Lipinski definition) is 6. The number of aromatic nitrogens is 2. The smallest absolute Gasteiger partial charge is 0.229 e. The van der Waals surface area contributed by atoms with Crippen molar-refractivity contribution in [3.8, 4) is 0 Å². The van der Waals surface area contributed by atoms with E-state index in [0.29, 0.717) is 16.8 Å². The van der Waals surface area contributed by atoms with Crippen molar-refractivity contribution in [1.82, 2.24) is 9.97 Å². The molecule has 1 saturated heterocycles. The molecule has 0 radical (unpaired) electrons. The number of anilines is 5. The van der Waals surface area contributed by atoms with Gasteiger partial charge in [-0.3, -0.25) is 0 Å². The number of nitrogens with zero attached hydrogens (tertiary/aromatic N) is 3. The molecule has 2 aromatic carbocycles. The normalized spacial score (nSPS) is 14.4. The Hall–Kier alpha value is -2.83. The predicted octanol–water partition coefficient (Wildman–Crippen LogP) is 5.75. The first-order chi connectivity index (χ1) is 14.9. The van der Waals surface area contributed by atoms with E-state index in [-0.39, 0.29) is 5.41 Å². The highest BCUT2D eigenvalue weighted by atomic mass is 35.5. The number of ether oxygens (including phenoxy) is 1. The van der Waals surface area contributed by atoms with Gasteiger partial charge in [-0.05, 0) is 47.4 Å². The molecule has 1 aliphatic rings. The average Bonchev–Trinajstić information content (AvgIpc) is 2.77. The standard InChI is InChI=1S/C24H28ClN5O/c1-24(2,3)17-5-4-6-19(15-17)27-22-21(25)16-26-23(29-22)28-18-7-9-20(10-8-18)30-11-13-31-14-12-30/h4-10,15-16H,11-14H2,1-3H3,(H2,26,27,28,29). The second kappa shape index (κ2) is 9.12. The zero-order chi connectivity index (χ0) is 21.8. The topological polar surface area (TPSA) is 62.3 Å². The SMILES string of the molecule is CC(C)(C)c1cccc(Nc2nc(Nc3ccc(N4CCOCC4)cc3)ncc2Cl)c1. The molecule has 0 amide bonds. The van der Waals surface area contributed by atoms with E-state index in [1.807, 2.05) is 24.3 Å². The summed E-state index contributed by atoms with van der Waals surface area (Å²) in [6.07, 6.45) is 1.61. The van der Waals surface area contributed by atoms with E-state index in [1.165, 1.54) is 11.3 Å². The Morgan fingerprint density at radius 3 is 2.42 bits per heavy atom. The monoisotopic (exact) mass is 437 g/mol. The van der Waals surface area contributed by atoms with Crippen molar-refractivity contribution in [2.75, 3.05) is 41.8 Å². The maximum absolute atomic E-state index is 6.35. The fraction of sp³-hybridized carbons (Fsp3) is 0.333. The maximum atomic E-state index is 6.35. The van der Waals surface area contributed by atoms with Gasteiger partial charge in [0.15, 0.2) is 5.82 Å². The first-order valence-electron chi connectivity index (χ1n) is 10.5. The molecule has 3 aromatic rings. The van der Waals surface area contributed by atoms with Gasteiger partial charge in [-0.1, -0.05) is 44.5 Å². The van der Waals surface area contributed by atoms with Crippen molar-refractivity contribution in [3.05, 3.63) is 65.3 Å². The Balaban J connectivity index is 1.48. The van der Waals surface area contributed by atoms with Gasteiger partial charge in [0.05, 0.1) is 19.4 Å². The van der Waals surface area contributed by atoms with E-state index in [9.17, 15) is 0 Å². The minimum absolute atomic E-state index is 0.0628. The van der Waals surface area contributed by atoms with Crippen LogP contribution in [0.4, 0.5) is 28.8 Å². The number of benzene rings is 2. The van der Waals surface area contributed by atoms with Crippen LogP contribution in [-0.4, -0.2) is 36.3 Å². The lowest BCUT2D eigenvalue weighted by Crippen LogP contribution is -2.36. The Morgan fingerprint density at radius 1 is 0.968 bits per heavy atom. The van der Waals surface area contributed by atoms with E-state index in [2.05, 4.69) is 70.5 Å². The molecule has 0 saturated carbocycles. The zero-order valence-corrected chi connectivity index (χ0v) is 18.9. The summed E-state index contributed by atoms with van der Waals surface area (Å²) in [5.41, 5.74) is 4.34. The lowest BCUT2D eigenvalue weighted by atomic mass is 9.87. The number of rotatable bonds is 5. The number of morpholine rings is 1. The van der Waals surface area contributed by atoms with E-state index in [0.717, 1.165) is 37.7 Å². The molecule has 0 spiro atoms.